The van der Waals surface area contributed by atoms with E-state index in [0.717, 1.165) is 12.8 Å². The van der Waals surface area contributed by atoms with Crippen molar-refractivity contribution >= 4 is 5.91 Å². The third-order valence-electron chi connectivity index (χ3n) is 3.70. The summed E-state index contributed by atoms with van der Waals surface area (Å²) in [7, 11) is 0. The molecule has 3 atom stereocenters. The Bertz CT molecular complexity index is 309. The molecule has 1 amide bonds. The van der Waals surface area contributed by atoms with Gasteiger partial charge in [0, 0.05) is 12.6 Å². The number of carbonyl (C=O) groups excluding carboxylic acids is 1. The monoisotopic (exact) mass is 281 g/mol. The fraction of sp³-hybridized carbons (Fsp3) is 0.917. The summed E-state index contributed by atoms with van der Waals surface area (Å²) in [5, 5.41) is 1.94. The molecule has 0 saturated carbocycles. The number of nitrogens with zero attached hydrogens (tertiary/aromatic N) is 1. The molecule has 0 radical (unpaired) electrons. The van der Waals surface area contributed by atoms with Crippen LogP contribution >= 0.6 is 0 Å². The van der Waals surface area contributed by atoms with Crippen LogP contribution in [0, 0.1) is 5.92 Å². The number of nitrogens with one attached hydrogen (secondary N) is 1. The van der Waals surface area contributed by atoms with E-state index >= 15 is 0 Å². The van der Waals surface area contributed by atoms with Crippen molar-refractivity contribution < 1.29 is 18.0 Å². The number of hydrogen-bond donors (Lipinski definition) is 2. The molecule has 19 heavy (non-hydrogen) atoms. The molecule has 1 heterocycles. The minimum atomic E-state index is -4.37. The Hall–Kier alpha value is -0.820. The van der Waals surface area contributed by atoms with Gasteiger partial charge in [-0.25, -0.2) is 0 Å². The van der Waals surface area contributed by atoms with Crippen molar-refractivity contribution in [3.63, 3.8) is 0 Å². The van der Waals surface area contributed by atoms with Crippen molar-refractivity contribution in [2.75, 3.05) is 19.6 Å². The fourth-order valence-corrected chi connectivity index (χ4v) is 2.43. The number of rotatable bonds is 4. The quantitative estimate of drug-likeness (QED) is 0.811. The predicted octanol–water partition coefficient (Wildman–Crippen LogP) is 1.11. The molecule has 0 aliphatic carbocycles. The molecule has 1 aliphatic rings. The Kier molecular flexibility index (Phi) is 5.61. The summed E-state index contributed by atoms with van der Waals surface area (Å²) in [5.74, 6) is -0.268. The van der Waals surface area contributed by atoms with Crippen LogP contribution in [-0.2, 0) is 4.79 Å². The molecule has 1 aliphatic heterocycles. The second kappa shape index (κ2) is 6.56. The normalized spacial score (nSPS) is 27.1. The van der Waals surface area contributed by atoms with Gasteiger partial charge in [-0.05, 0) is 39.2 Å². The smallest absolute Gasteiger partial charge is 0.346 e. The molecule has 0 aromatic carbocycles. The number of amides is 1. The lowest BCUT2D eigenvalue weighted by molar-refractivity contribution is -0.142. The summed E-state index contributed by atoms with van der Waals surface area (Å²) >= 11 is 0. The van der Waals surface area contributed by atoms with Crippen LogP contribution in [0.3, 0.4) is 0 Å². The van der Waals surface area contributed by atoms with Gasteiger partial charge < -0.3 is 11.1 Å². The highest BCUT2D eigenvalue weighted by atomic mass is 19.4. The third-order valence-corrected chi connectivity index (χ3v) is 3.70. The molecular weight excluding hydrogens is 259 g/mol. The lowest BCUT2D eigenvalue weighted by Crippen LogP contribution is -2.54. The molecule has 0 aromatic heterocycles. The predicted molar refractivity (Wildman–Crippen MR) is 66.5 cm³/mol. The number of hydrogen-bond acceptors (Lipinski definition) is 3. The Morgan fingerprint density at radius 1 is 1.47 bits per heavy atom. The number of carbonyl (C=O) groups is 1. The average Bonchev–Trinajstić information content (AvgIpc) is 2.35. The first-order valence-electron chi connectivity index (χ1n) is 6.55. The van der Waals surface area contributed by atoms with Crippen LogP contribution in [0.25, 0.3) is 0 Å². The molecule has 0 bridgehead atoms. The van der Waals surface area contributed by atoms with E-state index in [0.29, 0.717) is 19.0 Å². The van der Waals surface area contributed by atoms with Gasteiger partial charge in [0.25, 0.3) is 0 Å². The highest BCUT2D eigenvalue weighted by Gasteiger charge is 2.33. The first-order valence-corrected chi connectivity index (χ1v) is 6.55. The van der Waals surface area contributed by atoms with Crippen LogP contribution in [-0.4, -0.2) is 48.7 Å². The van der Waals surface area contributed by atoms with E-state index in [9.17, 15) is 18.0 Å². The van der Waals surface area contributed by atoms with Gasteiger partial charge in [0.05, 0.1) is 6.04 Å². The molecule has 4 nitrogen and oxygen atoms in total. The van der Waals surface area contributed by atoms with E-state index in [2.05, 4.69) is 0 Å². The Balaban J connectivity index is 2.54. The molecule has 112 valence electrons. The largest absolute Gasteiger partial charge is 0.405 e. The standard InChI is InChI=1S/C12H22F3N3O/c1-8-3-4-10(5-16)6-18(8)9(2)11(19)17-7-12(13,14)15/h8-10H,3-7,16H2,1-2H3,(H,17,19). The molecule has 1 saturated heterocycles. The van der Waals surface area contributed by atoms with E-state index in [1.54, 1.807) is 6.92 Å². The average molecular weight is 281 g/mol. The molecule has 3 N–H and O–H groups in total. The second-order valence-electron chi connectivity index (χ2n) is 5.23. The molecule has 1 rings (SSSR count). The zero-order chi connectivity index (χ0) is 14.6. The first kappa shape index (κ1) is 16.2. The van der Waals surface area contributed by atoms with Crippen LogP contribution in [0.5, 0.6) is 0 Å². The van der Waals surface area contributed by atoms with Crippen molar-refractivity contribution in [1.29, 1.82) is 0 Å². The Morgan fingerprint density at radius 2 is 2.11 bits per heavy atom. The molecule has 7 heteroatoms. The summed E-state index contributed by atoms with van der Waals surface area (Å²) < 4.78 is 36.2. The van der Waals surface area contributed by atoms with E-state index in [-0.39, 0.29) is 6.04 Å². The van der Waals surface area contributed by atoms with Crippen molar-refractivity contribution in [2.24, 2.45) is 11.7 Å². The zero-order valence-electron chi connectivity index (χ0n) is 11.3. The number of likely N-dealkylation sites (tertiary alicyclic amines) is 1. The highest BCUT2D eigenvalue weighted by Crippen LogP contribution is 2.23. The van der Waals surface area contributed by atoms with E-state index < -0.39 is 24.7 Å². The minimum absolute atomic E-state index is 0.189. The summed E-state index contributed by atoms with van der Waals surface area (Å²) in [4.78, 5) is 13.7. The van der Waals surface area contributed by atoms with E-state index in [1.165, 1.54) is 0 Å². The van der Waals surface area contributed by atoms with Gasteiger partial charge in [-0.2, -0.15) is 13.2 Å². The van der Waals surface area contributed by atoms with Crippen LogP contribution in [0.4, 0.5) is 13.2 Å². The topological polar surface area (TPSA) is 58.4 Å². The van der Waals surface area contributed by atoms with Crippen LogP contribution in [0.2, 0.25) is 0 Å². The summed E-state index contributed by atoms with van der Waals surface area (Å²) in [6.07, 6.45) is -2.45. The van der Waals surface area contributed by atoms with Gasteiger partial charge in [0.15, 0.2) is 0 Å². The van der Waals surface area contributed by atoms with Gasteiger partial charge in [-0.3, -0.25) is 9.69 Å². The Labute approximate surface area is 111 Å². The summed E-state index contributed by atoms with van der Waals surface area (Å²) in [6, 6.07) is -0.374. The molecular formula is C12H22F3N3O. The fourth-order valence-electron chi connectivity index (χ4n) is 2.43. The zero-order valence-corrected chi connectivity index (χ0v) is 11.3. The van der Waals surface area contributed by atoms with Crippen molar-refractivity contribution in [3.05, 3.63) is 0 Å². The van der Waals surface area contributed by atoms with Gasteiger partial charge in [0.2, 0.25) is 5.91 Å². The maximum atomic E-state index is 12.1. The minimum Gasteiger partial charge on any atom is -0.346 e. The molecule has 3 unspecified atom stereocenters. The maximum absolute atomic E-state index is 12.1. The van der Waals surface area contributed by atoms with E-state index in [1.807, 2.05) is 17.1 Å². The van der Waals surface area contributed by atoms with Crippen LogP contribution in [0.15, 0.2) is 0 Å². The lowest BCUT2D eigenvalue weighted by Gasteiger charge is -2.40. The number of nitrogens with two attached hydrogens (primary N) is 1. The van der Waals surface area contributed by atoms with Crippen molar-refractivity contribution in [1.82, 2.24) is 10.2 Å². The SMILES string of the molecule is CC1CCC(CN)CN1C(C)C(=O)NCC(F)(F)F. The highest BCUT2D eigenvalue weighted by molar-refractivity contribution is 5.81. The van der Waals surface area contributed by atoms with E-state index in [4.69, 9.17) is 5.73 Å². The first-order chi connectivity index (χ1) is 8.74. The molecule has 0 spiro atoms. The van der Waals surface area contributed by atoms with Crippen LogP contribution in [0.1, 0.15) is 26.7 Å². The van der Waals surface area contributed by atoms with Gasteiger partial charge in [-0.15, -0.1) is 0 Å². The summed E-state index contributed by atoms with van der Waals surface area (Å²) in [6.45, 7) is 3.55. The van der Waals surface area contributed by atoms with Crippen molar-refractivity contribution in [2.45, 2.75) is 44.9 Å². The molecule has 0 aromatic rings. The maximum Gasteiger partial charge on any atom is 0.405 e. The molecule has 1 fully saturated rings. The van der Waals surface area contributed by atoms with Gasteiger partial charge in [-0.1, -0.05) is 0 Å². The van der Waals surface area contributed by atoms with Gasteiger partial charge >= 0.3 is 6.18 Å². The lowest BCUT2D eigenvalue weighted by atomic mass is 9.92. The number of halogens is 3. The van der Waals surface area contributed by atoms with Gasteiger partial charge in [0.1, 0.15) is 6.54 Å². The number of piperidine rings is 1. The Morgan fingerprint density at radius 3 is 2.63 bits per heavy atom. The van der Waals surface area contributed by atoms with Crippen molar-refractivity contribution in [3.8, 4) is 0 Å². The number of alkyl halides is 3. The third kappa shape index (κ3) is 4.99. The summed E-state index contributed by atoms with van der Waals surface area (Å²) in [5.41, 5.74) is 5.63. The second-order valence-corrected chi connectivity index (χ2v) is 5.23. The van der Waals surface area contributed by atoms with Crippen LogP contribution < -0.4 is 11.1 Å².